The molecule has 0 aliphatic rings. The minimum atomic E-state index is -0.314. The maximum Gasteiger partial charge on any atom is 0.259 e. The van der Waals surface area contributed by atoms with E-state index in [9.17, 15) is 4.79 Å². The zero-order valence-electron chi connectivity index (χ0n) is 12.7. The van der Waals surface area contributed by atoms with Crippen LogP contribution in [0.25, 0.3) is 0 Å². The van der Waals surface area contributed by atoms with Crippen molar-refractivity contribution < 1.29 is 9.53 Å². The molecule has 0 atom stereocenters. The van der Waals surface area contributed by atoms with Gasteiger partial charge in [0.05, 0.1) is 17.4 Å². The van der Waals surface area contributed by atoms with Crippen molar-refractivity contribution in [3.05, 3.63) is 48.4 Å². The van der Waals surface area contributed by atoms with Crippen LogP contribution in [0.15, 0.2) is 42.9 Å². The molecule has 0 unspecified atom stereocenters. The van der Waals surface area contributed by atoms with E-state index in [0.717, 1.165) is 5.69 Å². The van der Waals surface area contributed by atoms with Gasteiger partial charge in [0.2, 0.25) is 5.88 Å². The largest absolute Gasteiger partial charge is 0.472 e. The van der Waals surface area contributed by atoms with Crippen LogP contribution in [0.5, 0.6) is 5.88 Å². The topological polar surface area (TPSA) is 55.3 Å². The van der Waals surface area contributed by atoms with E-state index in [4.69, 9.17) is 4.74 Å². The molecule has 0 spiro atoms. The molecule has 2 rings (SSSR count). The first-order valence-corrected chi connectivity index (χ1v) is 6.70. The molecular formula is C16H19N3O2. The van der Waals surface area contributed by atoms with Crippen LogP contribution in [0, 0.1) is 0 Å². The Labute approximate surface area is 124 Å². The van der Waals surface area contributed by atoms with Crippen molar-refractivity contribution >= 4 is 11.6 Å². The summed E-state index contributed by atoms with van der Waals surface area (Å²) in [5.41, 5.74) is 0.922. The van der Waals surface area contributed by atoms with Crippen LogP contribution >= 0.6 is 0 Å². The molecule has 110 valence electrons. The van der Waals surface area contributed by atoms with Crippen molar-refractivity contribution in [2.75, 3.05) is 11.9 Å². The molecular weight excluding hydrogens is 266 g/mol. The summed E-state index contributed by atoms with van der Waals surface area (Å²) >= 11 is 0. The second-order valence-electron chi connectivity index (χ2n) is 5.67. The summed E-state index contributed by atoms with van der Waals surface area (Å²) in [6.07, 6.45) is 4.83. The molecule has 21 heavy (non-hydrogen) atoms. The Morgan fingerprint density at radius 3 is 2.48 bits per heavy atom. The van der Waals surface area contributed by atoms with E-state index in [1.165, 1.54) is 11.1 Å². The zero-order valence-corrected chi connectivity index (χ0v) is 12.7. The van der Waals surface area contributed by atoms with Crippen molar-refractivity contribution in [2.45, 2.75) is 26.4 Å². The number of ether oxygens (including phenoxy) is 1. The molecule has 0 fully saturated rings. The number of hydrogen-bond donors (Lipinski definition) is 0. The van der Waals surface area contributed by atoms with Gasteiger partial charge in [0.1, 0.15) is 5.60 Å². The molecule has 2 heterocycles. The first-order chi connectivity index (χ1) is 9.87. The van der Waals surface area contributed by atoms with E-state index in [-0.39, 0.29) is 11.5 Å². The molecule has 5 nitrogen and oxygen atoms in total. The van der Waals surface area contributed by atoms with E-state index in [0.29, 0.717) is 11.4 Å². The van der Waals surface area contributed by atoms with E-state index in [1.807, 2.05) is 26.8 Å². The summed E-state index contributed by atoms with van der Waals surface area (Å²) < 4.78 is 5.64. The van der Waals surface area contributed by atoms with Gasteiger partial charge in [-0.2, -0.15) is 0 Å². The van der Waals surface area contributed by atoms with Crippen LogP contribution in [0.1, 0.15) is 31.1 Å². The Hall–Kier alpha value is -2.43. The van der Waals surface area contributed by atoms with Gasteiger partial charge in [-0.15, -0.1) is 0 Å². The maximum atomic E-state index is 12.4. The fourth-order valence-corrected chi connectivity index (χ4v) is 1.74. The first kappa shape index (κ1) is 15.0. The Kier molecular flexibility index (Phi) is 4.21. The quantitative estimate of drug-likeness (QED) is 0.870. The standard InChI is InChI=1S/C16H19N3O2/c1-16(2,3)21-14-8-7-12(10-18-14)15(20)19(4)13-6-5-9-17-11-13/h5-11H,1-4H3. The second kappa shape index (κ2) is 5.91. The highest BCUT2D eigenvalue weighted by Crippen LogP contribution is 2.17. The highest BCUT2D eigenvalue weighted by atomic mass is 16.5. The lowest BCUT2D eigenvalue weighted by Crippen LogP contribution is -2.27. The molecule has 0 radical (unpaired) electrons. The van der Waals surface area contributed by atoms with Crippen molar-refractivity contribution in [3.63, 3.8) is 0 Å². The van der Waals surface area contributed by atoms with E-state index in [2.05, 4.69) is 9.97 Å². The van der Waals surface area contributed by atoms with Crippen molar-refractivity contribution in [1.82, 2.24) is 9.97 Å². The normalized spacial score (nSPS) is 11.0. The fraction of sp³-hybridized carbons (Fsp3) is 0.312. The fourth-order valence-electron chi connectivity index (χ4n) is 1.74. The summed E-state index contributed by atoms with van der Waals surface area (Å²) in [6.45, 7) is 5.85. The number of amides is 1. The minimum absolute atomic E-state index is 0.141. The van der Waals surface area contributed by atoms with Gasteiger partial charge in [-0.05, 0) is 39.0 Å². The zero-order chi connectivity index (χ0) is 15.5. The van der Waals surface area contributed by atoms with Gasteiger partial charge in [0.25, 0.3) is 5.91 Å². The highest BCUT2D eigenvalue weighted by Gasteiger charge is 2.16. The lowest BCUT2D eigenvalue weighted by molar-refractivity contribution is 0.0992. The molecule has 2 aromatic heterocycles. The number of hydrogen-bond acceptors (Lipinski definition) is 4. The molecule has 0 bridgehead atoms. The summed E-state index contributed by atoms with van der Waals surface area (Å²) in [6, 6.07) is 7.03. The van der Waals surface area contributed by atoms with Crippen LogP contribution in [0.3, 0.4) is 0 Å². The Morgan fingerprint density at radius 1 is 1.19 bits per heavy atom. The van der Waals surface area contributed by atoms with Gasteiger partial charge in [0.15, 0.2) is 0 Å². The smallest absolute Gasteiger partial charge is 0.259 e. The first-order valence-electron chi connectivity index (χ1n) is 6.70. The molecule has 0 saturated carbocycles. The summed E-state index contributed by atoms with van der Waals surface area (Å²) in [7, 11) is 1.71. The molecule has 0 aliphatic carbocycles. The predicted octanol–water partition coefficient (Wildman–Crippen LogP) is 2.93. The van der Waals surface area contributed by atoms with E-state index >= 15 is 0 Å². The van der Waals surface area contributed by atoms with Crippen molar-refractivity contribution in [1.29, 1.82) is 0 Å². The molecule has 0 N–H and O–H groups in total. The average Bonchev–Trinajstić information content (AvgIpc) is 2.46. The number of nitrogens with zero attached hydrogens (tertiary/aromatic N) is 3. The Balaban J connectivity index is 2.13. The van der Waals surface area contributed by atoms with Crippen LogP contribution < -0.4 is 9.64 Å². The minimum Gasteiger partial charge on any atom is -0.472 e. The van der Waals surface area contributed by atoms with Gasteiger partial charge in [0, 0.05) is 25.5 Å². The van der Waals surface area contributed by atoms with Crippen LogP contribution in [0.2, 0.25) is 0 Å². The number of carbonyl (C=O) groups excluding carboxylic acids is 1. The maximum absolute atomic E-state index is 12.4. The summed E-state index contributed by atoms with van der Waals surface area (Å²) in [5.74, 6) is 0.362. The number of carbonyl (C=O) groups is 1. The highest BCUT2D eigenvalue weighted by molar-refractivity contribution is 6.05. The molecule has 1 amide bonds. The monoisotopic (exact) mass is 285 g/mol. The Bertz CT molecular complexity index is 604. The number of rotatable bonds is 3. The molecule has 5 heteroatoms. The lowest BCUT2D eigenvalue weighted by Gasteiger charge is -2.20. The van der Waals surface area contributed by atoms with Crippen LogP contribution in [-0.4, -0.2) is 28.5 Å². The van der Waals surface area contributed by atoms with Crippen LogP contribution in [-0.2, 0) is 0 Å². The van der Waals surface area contributed by atoms with E-state index in [1.54, 1.807) is 37.6 Å². The van der Waals surface area contributed by atoms with Crippen molar-refractivity contribution in [2.24, 2.45) is 0 Å². The second-order valence-corrected chi connectivity index (χ2v) is 5.67. The Morgan fingerprint density at radius 2 is 1.95 bits per heavy atom. The molecule has 0 aliphatic heterocycles. The third kappa shape index (κ3) is 4.02. The number of anilines is 1. The molecule has 2 aromatic rings. The summed E-state index contributed by atoms with van der Waals surface area (Å²) in [4.78, 5) is 22.1. The number of aromatic nitrogens is 2. The van der Waals surface area contributed by atoms with E-state index < -0.39 is 0 Å². The van der Waals surface area contributed by atoms with Gasteiger partial charge in [-0.3, -0.25) is 9.78 Å². The molecule has 0 saturated heterocycles. The van der Waals surface area contributed by atoms with Gasteiger partial charge in [-0.25, -0.2) is 4.98 Å². The van der Waals surface area contributed by atoms with Crippen LogP contribution in [0.4, 0.5) is 5.69 Å². The third-order valence-corrected chi connectivity index (χ3v) is 2.73. The third-order valence-electron chi connectivity index (χ3n) is 2.73. The predicted molar refractivity (Wildman–Crippen MR) is 81.6 cm³/mol. The summed E-state index contributed by atoms with van der Waals surface area (Å²) in [5, 5.41) is 0. The van der Waals surface area contributed by atoms with Gasteiger partial charge < -0.3 is 9.64 Å². The lowest BCUT2D eigenvalue weighted by atomic mass is 10.2. The molecule has 0 aromatic carbocycles. The SMILES string of the molecule is CN(C(=O)c1ccc(OC(C)(C)C)nc1)c1cccnc1. The van der Waals surface area contributed by atoms with Gasteiger partial charge in [-0.1, -0.05) is 0 Å². The average molecular weight is 285 g/mol. The number of pyridine rings is 2. The van der Waals surface area contributed by atoms with Gasteiger partial charge >= 0.3 is 0 Å². The van der Waals surface area contributed by atoms with Crippen molar-refractivity contribution in [3.8, 4) is 5.88 Å².